The van der Waals surface area contributed by atoms with Crippen molar-refractivity contribution in [2.24, 2.45) is 0 Å². The van der Waals surface area contributed by atoms with Crippen molar-refractivity contribution in [2.45, 2.75) is 59.8 Å². The van der Waals surface area contributed by atoms with Gasteiger partial charge in [0.1, 0.15) is 0 Å². The summed E-state index contributed by atoms with van der Waals surface area (Å²) in [7, 11) is 0. The Balaban J connectivity index is 0. The summed E-state index contributed by atoms with van der Waals surface area (Å²) in [6.07, 6.45) is 4.46. The number of rotatable bonds is 8. The third-order valence-corrected chi connectivity index (χ3v) is 2.70. The first-order valence-corrected chi connectivity index (χ1v) is 6.42. The fourth-order valence-electron chi connectivity index (χ4n) is 1.52. The molecule has 0 aliphatic heterocycles. The minimum atomic E-state index is -0.347. The van der Waals surface area contributed by atoms with Gasteiger partial charge in [0.05, 0.1) is 6.61 Å². The van der Waals surface area contributed by atoms with E-state index < -0.39 is 0 Å². The molecule has 3 nitrogen and oxygen atoms in total. The summed E-state index contributed by atoms with van der Waals surface area (Å²) in [6.45, 7) is 7.73. The molecule has 0 rings (SSSR count). The molecular formula is C14H26O3Sn. The number of ketones is 1. The molecule has 0 amide bonds. The van der Waals surface area contributed by atoms with Crippen LogP contribution in [0.2, 0.25) is 0 Å². The van der Waals surface area contributed by atoms with Gasteiger partial charge in [0.25, 0.3) is 0 Å². The molecular weight excluding hydrogens is 335 g/mol. The van der Waals surface area contributed by atoms with E-state index in [1.54, 1.807) is 6.92 Å². The second-order valence-electron chi connectivity index (χ2n) is 4.25. The summed E-state index contributed by atoms with van der Waals surface area (Å²) < 4.78 is 5.11. The summed E-state index contributed by atoms with van der Waals surface area (Å²) in [5.74, 6) is -0.372. The first-order chi connectivity index (χ1) is 8.04. The van der Waals surface area contributed by atoms with Crippen LogP contribution < -0.4 is 0 Å². The van der Waals surface area contributed by atoms with Crippen molar-refractivity contribution in [3.8, 4) is 0 Å². The van der Waals surface area contributed by atoms with Gasteiger partial charge in [-0.3, -0.25) is 4.79 Å². The molecule has 0 fully saturated rings. The summed E-state index contributed by atoms with van der Waals surface area (Å²) in [5.41, 5.74) is 1.09. The Bertz CT molecular complexity index is 295. The van der Waals surface area contributed by atoms with Crippen molar-refractivity contribution in [3.63, 3.8) is 0 Å². The van der Waals surface area contributed by atoms with Gasteiger partial charge in [-0.25, -0.2) is 4.79 Å². The third kappa shape index (κ3) is 7.90. The number of Topliss-reactive ketones (excluding diaryl/α,β-unsaturated/α-hetero) is 1. The van der Waals surface area contributed by atoms with Gasteiger partial charge in [-0.2, -0.15) is 0 Å². The van der Waals surface area contributed by atoms with Crippen molar-refractivity contribution in [2.75, 3.05) is 6.61 Å². The van der Waals surface area contributed by atoms with Crippen LogP contribution in [0.1, 0.15) is 59.8 Å². The third-order valence-electron chi connectivity index (χ3n) is 2.70. The molecule has 0 unspecified atom stereocenters. The average Bonchev–Trinajstić information content (AvgIpc) is 2.29. The van der Waals surface area contributed by atoms with E-state index in [0.717, 1.165) is 25.7 Å². The van der Waals surface area contributed by atoms with Gasteiger partial charge in [-0.05, 0) is 33.1 Å². The average molecular weight is 361 g/mol. The molecule has 18 heavy (non-hydrogen) atoms. The van der Waals surface area contributed by atoms with Crippen molar-refractivity contribution in [1.82, 2.24) is 0 Å². The molecule has 0 saturated heterocycles. The van der Waals surface area contributed by atoms with Crippen LogP contribution in [0.3, 0.4) is 0 Å². The number of allylic oxidation sites excluding steroid dienone is 1. The second kappa shape index (κ2) is 11.8. The Morgan fingerprint density at radius 1 is 1.00 bits per heavy atom. The van der Waals surface area contributed by atoms with E-state index in [0.29, 0.717) is 24.2 Å². The topological polar surface area (TPSA) is 43.4 Å². The first-order valence-electron chi connectivity index (χ1n) is 6.42. The molecule has 0 aliphatic rings. The predicted octanol–water partition coefficient (Wildman–Crippen LogP) is 2.51. The molecule has 0 aromatic rings. The zero-order valence-electron chi connectivity index (χ0n) is 12.2. The van der Waals surface area contributed by atoms with E-state index in [9.17, 15) is 9.59 Å². The SMILES string of the molecule is CCCCOC(=O)C(C)=C(CCCC)C(C)=O.[SnH2]. The Kier molecular flexibility index (Phi) is 13.1. The Morgan fingerprint density at radius 3 is 2.00 bits per heavy atom. The molecule has 0 saturated carbocycles. The Labute approximate surface area is 127 Å². The molecule has 0 aromatic heterocycles. The van der Waals surface area contributed by atoms with Crippen LogP contribution in [0.25, 0.3) is 0 Å². The molecule has 0 aromatic carbocycles. The van der Waals surface area contributed by atoms with E-state index >= 15 is 0 Å². The monoisotopic (exact) mass is 362 g/mol. The van der Waals surface area contributed by atoms with Crippen LogP contribution in [0.4, 0.5) is 0 Å². The maximum atomic E-state index is 11.7. The van der Waals surface area contributed by atoms with Crippen molar-refractivity contribution in [3.05, 3.63) is 11.1 Å². The fraction of sp³-hybridized carbons (Fsp3) is 0.714. The Morgan fingerprint density at radius 2 is 1.56 bits per heavy atom. The molecule has 0 spiro atoms. The summed E-state index contributed by atoms with van der Waals surface area (Å²) in [6, 6.07) is 0. The van der Waals surface area contributed by atoms with Gasteiger partial charge in [-0.15, -0.1) is 0 Å². The zero-order chi connectivity index (χ0) is 13.3. The number of unbranched alkanes of at least 4 members (excludes halogenated alkanes) is 2. The van der Waals surface area contributed by atoms with E-state index in [4.69, 9.17) is 4.74 Å². The van der Waals surface area contributed by atoms with Gasteiger partial charge < -0.3 is 4.74 Å². The maximum absolute atomic E-state index is 11.7. The number of carbonyl (C=O) groups is 2. The standard InChI is InChI=1S/C14H24O3.Sn.2H/c1-5-7-9-13(12(4)15)11(3)14(16)17-10-8-6-2;;;/h5-10H2,1-4H3;;;. The predicted molar refractivity (Wildman–Crippen MR) is 77.3 cm³/mol. The second-order valence-corrected chi connectivity index (χ2v) is 4.25. The van der Waals surface area contributed by atoms with Crippen LogP contribution in [0.5, 0.6) is 0 Å². The van der Waals surface area contributed by atoms with Crippen LogP contribution in [-0.4, -0.2) is 42.3 Å². The number of hydrogen-bond acceptors (Lipinski definition) is 3. The summed E-state index contributed by atoms with van der Waals surface area (Å²) in [4.78, 5) is 23.2. The van der Waals surface area contributed by atoms with Gasteiger partial charge in [0, 0.05) is 11.1 Å². The molecule has 0 heterocycles. The van der Waals surface area contributed by atoms with Crippen molar-refractivity contribution >= 4 is 35.7 Å². The van der Waals surface area contributed by atoms with Crippen LogP contribution in [-0.2, 0) is 14.3 Å². The van der Waals surface area contributed by atoms with E-state index in [1.807, 2.05) is 6.92 Å². The molecule has 2 radical (unpaired) electrons. The van der Waals surface area contributed by atoms with E-state index in [2.05, 4.69) is 6.92 Å². The number of ether oxygens (including phenoxy) is 1. The summed E-state index contributed by atoms with van der Waals surface area (Å²) in [5, 5.41) is 0. The summed E-state index contributed by atoms with van der Waals surface area (Å²) >= 11 is 0. The molecule has 0 aliphatic carbocycles. The van der Waals surface area contributed by atoms with Crippen LogP contribution in [0.15, 0.2) is 11.1 Å². The van der Waals surface area contributed by atoms with Gasteiger partial charge in [0.2, 0.25) is 0 Å². The number of carbonyl (C=O) groups excluding carboxylic acids is 2. The number of esters is 1. The number of hydrogen-bond donors (Lipinski definition) is 0. The zero-order valence-corrected chi connectivity index (χ0v) is 16.2. The van der Waals surface area contributed by atoms with Crippen LogP contribution in [0, 0.1) is 0 Å². The molecule has 0 bridgehead atoms. The van der Waals surface area contributed by atoms with Gasteiger partial charge in [-0.1, -0.05) is 26.7 Å². The fourth-order valence-corrected chi connectivity index (χ4v) is 1.52. The molecule has 4 heteroatoms. The van der Waals surface area contributed by atoms with Crippen molar-refractivity contribution < 1.29 is 14.3 Å². The van der Waals surface area contributed by atoms with Crippen molar-refractivity contribution in [1.29, 1.82) is 0 Å². The first kappa shape index (κ1) is 20.0. The van der Waals surface area contributed by atoms with E-state index in [-0.39, 0.29) is 35.7 Å². The normalized spacial score (nSPS) is 11.3. The quantitative estimate of drug-likeness (QED) is 0.289. The van der Waals surface area contributed by atoms with Gasteiger partial charge in [0.15, 0.2) is 5.78 Å². The van der Waals surface area contributed by atoms with Gasteiger partial charge >= 0.3 is 29.9 Å². The molecule has 104 valence electrons. The minimum absolute atomic E-state index is 0. The molecule has 0 N–H and O–H groups in total. The van der Waals surface area contributed by atoms with Crippen LogP contribution >= 0.6 is 0 Å². The Hall–Kier alpha value is -0.321. The molecule has 0 atom stereocenters. The van der Waals surface area contributed by atoms with E-state index in [1.165, 1.54) is 6.92 Å².